The zero-order valence-corrected chi connectivity index (χ0v) is 18.9. The smallest absolute Gasteiger partial charge is 0.251 e. The van der Waals surface area contributed by atoms with Crippen molar-refractivity contribution in [3.63, 3.8) is 0 Å². The summed E-state index contributed by atoms with van der Waals surface area (Å²) in [5.74, 6) is -0.0750. The first-order chi connectivity index (χ1) is 15.7. The third-order valence-electron chi connectivity index (χ3n) is 4.48. The zero-order chi connectivity index (χ0) is 23.8. The molecule has 172 valence electrons. The lowest BCUT2D eigenvalue weighted by Gasteiger charge is -2.20. The van der Waals surface area contributed by atoms with Crippen LogP contribution < -0.4 is 21.3 Å². The van der Waals surface area contributed by atoms with Gasteiger partial charge in [-0.05, 0) is 69.3 Å². The Kier molecular flexibility index (Phi) is 7.50. The van der Waals surface area contributed by atoms with Gasteiger partial charge in [0.2, 0.25) is 5.91 Å². The van der Waals surface area contributed by atoms with Crippen molar-refractivity contribution < 1.29 is 18.8 Å². The van der Waals surface area contributed by atoms with Gasteiger partial charge in [0.15, 0.2) is 0 Å². The average molecular weight is 449 g/mol. The van der Waals surface area contributed by atoms with Gasteiger partial charge >= 0.3 is 0 Å². The van der Waals surface area contributed by atoms with E-state index in [-0.39, 0.29) is 29.8 Å². The summed E-state index contributed by atoms with van der Waals surface area (Å²) in [6.45, 7) is 5.99. The molecule has 3 amide bonds. The molecule has 0 aliphatic rings. The van der Waals surface area contributed by atoms with Crippen molar-refractivity contribution in [3.05, 3.63) is 83.8 Å². The first kappa shape index (κ1) is 23.6. The number of hydrogen-bond donors (Lipinski definition) is 4. The second kappa shape index (κ2) is 10.5. The van der Waals surface area contributed by atoms with Gasteiger partial charge in [-0.2, -0.15) is 0 Å². The summed E-state index contributed by atoms with van der Waals surface area (Å²) in [7, 11) is 0. The second-order valence-electron chi connectivity index (χ2n) is 8.53. The molecule has 3 aromatic rings. The van der Waals surface area contributed by atoms with Crippen LogP contribution in [0, 0.1) is 0 Å². The molecule has 0 saturated heterocycles. The Hall–Kier alpha value is -4.07. The number of nitrogens with one attached hydrogen (secondary N) is 4. The van der Waals surface area contributed by atoms with Crippen molar-refractivity contribution in [2.75, 3.05) is 17.2 Å². The summed E-state index contributed by atoms with van der Waals surface area (Å²) in [6, 6.07) is 17.2. The number of carbonyl (C=O) groups excluding carboxylic acids is 3. The highest BCUT2D eigenvalue weighted by Crippen LogP contribution is 2.14. The van der Waals surface area contributed by atoms with Gasteiger partial charge in [0.25, 0.3) is 11.8 Å². The summed E-state index contributed by atoms with van der Waals surface area (Å²) >= 11 is 0. The quantitative estimate of drug-likeness (QED) is 0.419. The van der Waals surface area contributed by atoms with Crippen LogP contribution in [0.5, 0.6) is 0 Å². The van der Waals surface area contributed by atoms with Gasteiger partial charge in [0, 0.05) is 28.0 Å². The van der Waals surface area contributed by atoms with Gasteiger partial charge in [-0.1, -0.05) is 12.1 Å². The molecule has 1 heterocycles. The van der Waals surface area contributed by atoms with Crippen LogP contribution in [0.1, 0.15) is 47.2 Å². The second-order valence-corrected chi connectivity index (χ2v) is 8.53. The summed E-state index contributed by atoms with van der Waals surface area (Å²) in [6.07, 6.45) is 1.55. The van der Waals surface area contributed by atoms with Gasteiger partial charge < -0.3 is 25.7 Å². The molecule has 0 aliphatic carbocycles. The van der Waals surface area contributed by atoms with Crippen LogP contribution in [0.25, 0.3) is 0 Å². The van der Waals surface area contributed by atoms with Crippen molar-refractivity contribution in [2.45, 2.75) is 32.9 Å². The van der Waals surface area contributed by atoms with Crippen LogP contribution in [0.2, 0.25) is 0 Å². The highest BCUT2D eigenvalue weighted by atomic mass is 16.3. The highest BCUT2D eigenvalue weighted by molar-refractivity contribution is 5.98. The van der Waals surface area contributed by atoms with Crippen molar-refractivity contribution in [2.24, 2.45) is 0 Å². The minimum absolute atomic E-state index is 0.00408. The molecule has 0 unspecified atom stereocenters. The number of hydrogen-bond acceptors (Lipinski definition) is 5. The van der Waals surface area contributed by atoms with Gasteiger partial charge in [-0.15, -0.1) is 0 Å². The van der Waals surface area contributed by atoms with Gasteiger partial charge in [-0.25, -0.2) is 0 Å². The van der Waals surface area contributed by atoms with E-state index >= 15 is 0 Å². The molecule has 0 bridgehead atoms. The fourth-order valence-corrected chi connectivity index (χ4v) is 2.99. The molecule has 33 heavy (non-hydrogen) atoms. The Morgan fingerprint density at radius 3 is 2.18 bits per heavy atom. The van der Waals surface area contributed by atoms with Gasteiger partial charge in [0.05, 0.1) is 19.4 Å². The summed E-state index contributed by atoms with van der Waals surface area (Å²) in [4.78, 5) is 37.1. The SMILES string of the molecule is CC(C)(C)NC(=O)c1cccc(NC(=O)CNc2cccc(C(=O)NCc3ccco3)c2)c1. The molecule has 4 N–H and O–H groups in total. The van der Waals surface area contributed by atoms with Crippen molar-refractivity contribution in [3.8, 4) is 0 Å². The normalized spacial score (nSPS) is 10.9. The number of amides is 3. The molecule has 0 atom stereocenters. The minimum atomic E-state index is -0.357. The third kappa shape index (κ3) is 7.53. The first-order valence-corrected chi connectivity index (χ1v) is 10.6. The van der Waals surface area contributed by atoms with E-state index in [0.717, 1.165) is 0 Å². The van der Waals surface area contributed by atoms with E-state index in [1.54, 1.807) is 66.9 Å². The summed E-state index contributed by atoms with van der Waals surface area (Å²) in [5.41, 5.74) is 1.72. The molecule has 3 rings (SSSR count). The summed E-state index contributed by atoms with van der Waals surface area (Å²) < 4.78 is 5.21. The standard InChI is InChI=1S/C25H28N4O4/c1-25(2,3)29-24(32)18-8-5-10-20(14-18)28-22(30)16-26-19-9-4-7-17(13-19)23(31)27-15-21-11-6-12-33-21/h4-14,26H,15-16H2,1-3H3,(H,27,31)(H,28,30)(H,29,32). The molecule has 0 radical (unpaired) electrons. The molecule has 8 nitrogen and oxygen atoms in total. The Balaban J connectivity index is 1.53. The molecule has 0 spiro atoms. The van der Waals surface area contributed by atoms with E-state index in [1.165, 1.54) is 0 Å². The molecule has 8 heteroatoms. The van der Waals surface area contributed by atoms with Crippen LogP contribution in [-0.4, -0.2) is 29.8 Å². The van der Waals surface area contributed by atoms with Crippen LogP contribution in [0.4, 0.5) is 11.4 Å². The number of rotatable bonds is 8. The molecule has 2 aromatic carbocycles. The number of anilines is 2. The maximum atomic E-state index is 12.4. The predicted octanol–water partition coefficient (Wildman–Crippen LogP) is 3.79. The van der Waals surface area contributed by atoms with E-state index in [9.17, 15) is 14.4 Å². The Morgan fingerprint density at radius 1 is 0.848 bits per heavy atom. The lowest BCUT2D eigenvalue weighted by atomic mass is 10.1. The molecular weight excluding hydrogens is 420 g/mol. The predicted molar refractivity (Wildman–Crippen MR) is 127 cm³/mol. The van der Waals surface area contributed by atoms with E-state index in [2.05, 4.69) is 21.3 Å². The number of benzene rings is 2. The Bertz CT molecular complexity index is 1120. The maximum absolute atomic E-state index is 12.4. The molecule has 0 saturated carbocycles. The van der Waals surface area contributed by atoms with Crippen molar-refractivity contribution >= 4 is 29.1 Å². The zero-order valence-electron chi connectivity index (χ0n) is 18.9. The van der Waals surface area contributed by atoms with E-state index in [1.807, 2.05) is 20.8 Å². The van der Waals surface area contributed by atoms with E-state index in [4.69, 9.17) is 4.42 Å². The fraction of sp³-hybridized carbons (Fsp3) is 0.240. The molecular formula is C25H28N4O4. The third-order valence-corrected chi connectivity index (χ3v) is 4.48. The maximum Gasteiger partial charge on any atom is 0.251 e. The van der Waals surface area contributed by atoms with Crippen LogP contribution in [0.15, 0.2) is 71.3 Å². The molecule has 1 aromatic heterocycles. The van der Waals surface area contributed by atoms with Gasteiger partial charge in [-0.3, -0.25) is 14.4 Å². The van der Waals surface area contributed by atoms with E-state index < -0.39 is 0 Å². The first-order valence-electron chi connectivity index (χ1n) is 10.6. The van der Waals surface area contributed by atoms with Crippen LogP contribution in [0.3, 0.4) is 0 Å². The number of furan rings is 1. The van der Waals surface area contributed by atoms with Gasteiger partial charge in [0.1, 0.15) is 5.76 Å². The Morgan fingerprint density at radius 2 is 1.52 bits per heavy atom. The fourth-order valence-electron chi connectivity index (χ4n) is 2.99. The van der Waals surface area contributed by atoms with Crippen LogP contribution >= 0.6 is 0 Å². The highest BCUT2D eigenvalue weighted by Gasteiger charge is 2.15. The van der Waals surface area contributed by atoms with Crippen molar-refractivity contribution in [1.82, 2.24) is 10.6 Å². The van der Waals surface area contributed by atoms with E-state index in [0.29, 0.717) is 34.8 Å². The average Bonchev–Trinajstić information content (AvgIpc) is 3.29. The monoisotopic (exact) mass is 448 g/mol. The Labute approximate surface area is 192 Å². The van der Waals surface area contributed by atoms with Crippen LogP contribution in [-0.2, 0) is 11.3 Å². The summed E-state index contributed by atoms with van der Waals surface area (Å²) in [5, 5.41) is 11.5. The molecule has 0 fully saturated rings. The largest absolute Gasteiger partial charge is 0.467 e. The van der Waals surface area contributed by atoms with Crippen molar-refractivity contribution in [1.29, 1.82) is 0 Å². The lowest BCUT2D eigenvalue weighted by Crippen LogP contribution is -2.40. The molecule has 0 aliphatic heterocycles. The lowest BCUT2D eigenvalue weighted by molar-refractivity contribution is -0.114. The minimum Gasteiger partial charge on any atom is -0.467 e. The topological polar surface area (TPSA) is 112 Å². The number of carbonyl (C=O) groups is 3.